The van der Waals surface area contributed by atoms with Crippen molar-refractivity contribution in [1.82, 2.24) is 10.2 Å². The first kappa shape index (κ1) is 23.4. The van der Waals surface area contributed by atoms with Gasteiger partial charge in [0.2, 0.25) is 5.91 Å². The van der Waals surface area contributed by atoms with Gasteiger partial charge in [0.05, 0.1) is 17.8 Å². The van der Waals surface area contributed by atoms with Crippen molar-refractivity contribution in [3.05, 3.63) is 0 Å². The van der Waals surface area contributed by atoms with Crippen molar-refractivity contribution >= 4 is 23.4 Å². The molecule has 162 valence electrons. The van der Waals surface area contributed by atoms with Gasteiger partial charge in [0, 0.05) is 6.54 Å². The van der Waals surface area contributed by atoms with E-state index in [2.05, 4.69) is 17.4 Å². The summed E-state index contributed by atoms with van der Waals surface area (Å²) in [5.74, 6) is 0.206. The van der Waals surface area contributed by atoms with Crippen LogP contribution >= 0.6 is 11.8 Å². The number of aliphatic hydroxyl groups is 3. The molecule has 2 fully saturated rings. The molecule has 0 aliphatic carbocycles. The molecule has 2 aliphatic heterocycles. The zero-order valence-electron chi connectivity index (χ0n) is 16.9. The minimum absolute atomic E-state index is 0.145. The lowest BCUT2D eigenvalue weighted by Gasteiger charge is -2.43. The van der Waals surface area contributed by atoms with Gasteiger partial charge < -0.3 is 30.6 Å². The van der Waals surface area contributed by atoms with Crippen LogP contribution in [0.25, 0.3) is 0 Å². The molecule has 8 atom stereocenters. The molecular weight excluding hydrogens is 386 g/mol. The van der Waals surface area contributed by atoms with Gasteiger partial charge in [-0.2, -0.15) is 0 Å². The number of hydrogen-bond acceptors (Lipinski definition) is 9. The van der Waals surface area contributed by atoms with Crippen molar-refractivity contribution in [2.24, 2.45) is 11.1 Å². The summed E-state index contributed by atoms with van der Waals surface area (Å²) in [6, 6.07) is -1.26. The number of carbonyl (C=O) groups excluding carboxylic acids is 1. The van der Waals surface area contributed by atoms with Gasteiger partial charge in [-0.05, 0) is 39.0 Å². The Labute approximate surface area is 170 Å². The largest absolute Gasteiger partial charge is 0.411 e. The zero-order valence-corrected chi connectivity index (χ0v) is 17.7. The van der Waals surface area contributed by atoms with Gasteiger partial charge >= 0.3 is 0 Å². The summed E-state index contributed by atoms with van der Waals surface area (Å²) in [7, 11) is 1.90. The van der Waals surface area contributed by atoms with Crippen LogP contribution in [-0.4, -0.2) is 98.8 Å². The quantitative estimate of drug-likeness (QED) is 0.214. The van der Waals surface area contributed by atoms with E-state index in [1.54, 1.807) is 6.26 Å². The van der Waals surface area contributed by atoms with Crippen LogP contribution in [-0.2, 0) is 9.53 Å². The van der Waals surface area contributed by atoms with Crippen molar-refractivity contribution in [3.8, 4) is 0 Å². The average Bonchev–Trinajstić information content (AvgIpc) is 3.05. The van der Waals surface area contributed by atoms with Crippen LogP contribution in [0.3, 0.4) is 0 Å². The molecule has 2 aliphatic rings. The van der Waals surface area contributed by atoms with E-state index in [4.69, 9.17) is 4.74 Å². The maximum atomic E-state index is 12.9. The molecule has 0 saturated carbocycles. The summed E-state index contributed by atoms with van der Waals surface area (Å²) < 4.78 is 5.75. The highest BCUT2D eigenvalue weighted by Gasteiger charge is 2.48. The molecule has 0 bridgehead atoms. The molecular formula is C18H33N3O6S. The van der Waals surface area contributed by atoms with Crippen molar-refractivity contribution < 1.29 is 30.1 Å². The lowest BCUT2D eigenvalue weighted by molar-refractivity contribution is -0.200. The number of ether oxygens (including phenoxy) is 1. The third-order valence-corrected chi connectivity index (χ3v) is 6.56. The lowest BCUT2D eigenvalue weighted by atomic mass is 9.92. The van der Waals surface area contributed by atoms with Gasteiger partial charge in [0.25, 0.3) is 0 Å². The molecule has 0 spiro atoms. The third kappa shape index (κ3) is 4.98. The molecule has 2 rings (SSSR count). The summed E-state index contributed by atoms with van der Waals surface area (Å²) >= 11 is 1.18. The maximum Gasteiger partial charge on any atom is 0.237 e. The second-order valence-corrected chi connectivity index (χ2v) is 8.69. The number of amides is 1. The van der Waals surface area contributed by atoms with E-state index in [1.807, 2.05) is 11.9 Å². The van der Waals surface area contributed by atoms with E-state index >= 15 is 0 Å². The van der Waals surface area contributed by atoms with E-state index in [0.717, 1.165) is 25.8 Å². The van der Waals surface area contributed by atoms with Gasteiger partial charge in [0.15, 0.2) is 0 Å². The standard InChI is InChI=1S/C18H33N3O6S/c1-5-6-10-7-11(21(3)8-10)17(25)19-12(9(2)20-26)16-14(23)13(22)15(24)18(27-16)28-4/h10-16,18,22-24,26H,5-8H2,1-4H3,(H,19,25)/b20-9+/t10-,11?,12-,13+,14-,15-,16-,18-/m1/s1. The summed E-state index contributed by atoms with van der Waals surface area (Å²) in [6.07, 6.45) is -0.658. The van der Waals surface area contributed by atoms with Crippen LogP contribution in [0.4, 0.5) is 0 Å². The van der Waals surface area contributed by atoms with Gasteiger partial charge in [0.1, 0.15) is 29.9 Å². The molecule has 9 nitrogen and oxygen atoms in total. The number of hydrogen-bond donors (Lipinski definition) is 5. The number of rotatable bonds is 7. The highest BCUT2D eigenvalue weighted by molar-refractivity contribution is 7.99. The molecule has 2 heterocycles. The van der Waals surface area contributed by atoms with Crippen molar-refractivity contribution in [3.63, 3.8) is 0 Å². The normalized spacial score (nSPS) is 38.4. The summed E-state index contributed by atoms with van der Waals surface area (Å²) in [5, 5.41) is 45.9. The number of likely N-dealkylation sites (tertiary alicyclic amines) is 1. The molecule has 1 amide bonds. The predicted octanol–water partition coefficient (Wildman–Crippen LogP) is -0.388. The summed E-state index contributed by atoms with van der Waals surface area (Å²) in [6.45, 7) is 4.46. The molecule has 10 heteroatoms. The molecule has 0 radical (unpaired) electrons. The summed E-state index contributed by atoms with van der Waals surface area (Å²) in [5.41, 5.74) is -0.635. The number of carbonyl (C=O) groups is 1. The second kappa shape index (κ2) is 10.2. The van der Waals surface area contributed by atoms with Gasteiger partial charge in [-0.3, -0.25) is 9.69 Å². The number of aliphatic hydroxyl groups excluding tert-OH is 3. The van der Waals surface area contributed by atoms with E-state index in [9.17, 15) is 25.3 Å². The molecule has 0 aromatic rings. The van der Waals surface area contributed by atoms with E-state index in [0.29, 0.717) is 5.92 Å². The van der Waals surface area contributed by atoms with E-state index < -0.39 is 35.9 Å². The Morgan fingerprint density at radius 2 is 2.00 bits per heavy atom. The molecule has 28 heavy (non-hydrogen) atoms. The molecule has 5 N–H and O–H groups in total. The number of nitrogens with one attached hydrogen (secondary N) is 1. The topological polar surface area (TPSA) is 135 Å². The van der Waals surface area contributed by atoms with Crippen LogP contribution in [0.15, 0.2) is 5.16 Å². The van der Waals surface area contributed by atoms with Gasteiger partial charge in [-0.15, -0.1) is 11.8 Å². The molecule has 0 aromatic heterocycles. The van der Waals surface area contributed by atoms with Crippen molar-refractivity contribution in [1.29, 1.82) is 0 Å². The Morgan fingerprint density at radius 1 is 1.32 bits per heavy atom. The molecule has 2 saturated heterocycles. The van der Waals surface area contributed by atoms with E-state index in [-0.39, 0.29) is 17.7 Å². The minimum Gasteiger partial charge on any atom is -0.411 e. The van der Waals surface area contributed by atoms with Crippen LogP contribution in [0.5, 0.6) is 0 Å². The summed E-state index contributed by atoms with van der Waals surface area (Å²) in [4.78, 5) is 14.9. The Balaban J connectivity index is 2.17. The monoisotopic (exact) mass is 419 g/mol. The average molecular weight is 420 g/mol. The fraction of sp³-hybridized carbons (Fsp3) is 0.889. The van der Waals surface area contributed by atoms with Crippen LogP contribution in [0, 0.1) is 5.92 Å². The van der Waals surface area contributed by atoms with Crippen molar-refractivity contribution in [2.45, 2.75) is 75.0 Å². The Morgan fingerprint density at radius 3 is 2.57 bits per heavy atom. The third-order valence-electron chi connectivity index (χ3n) is 5.71. The highest BCUT2D eigenvalue weighted by Crippen LogP contribution is 2.30. The number of oxime groups is 1. The lowest BCUT2D eigenvalue weighted by Crippen LogP contribution is -2.65. The van der Waals surface area contributed by atoms with Crippen molar-refractivity contribution in [2.75, 3.05) is 19.8 Å². The smallest absolute Gasteiger partial charge is 0.237 e. The van der Waals surface area contributed by atoms with Crippen LogP contribution in [0.1, 0.15) is 33.1 Å². The van der Waals surface area contributed by atoms with Crippen LogP contribution in [0.2, 0.25) is 0 Å². The van der Waals surface area contributed by atoms with Crippen LogP contribution < -0.4 is 5.32 Å². The zero-order chi connectivity index (χ0) is 21.0. The van der Waals surface area contributed by atoms with Gasteiger partial charge in [-0.1, -0.05) is 18.5 Å². The molecule has 1 unspecified atom stereocenters. The number of nitrogens with zero attached hydrogens (tertiary/aromatic N) is 2. The maximum absolute atomic E-state index is 12.9. The van der Waals surface area contributed by atoms with E-state index in [1.165, 1.54) is 18.7 Å². The first-order valence-corrected chi connectivity index (χ1v) is 11.0. The Kier molecular flexibility index (Phi) is 8.53. The first-order valence-electron chi connectivity index (χ1n) is 9.66. The first-order chi connectivity index (χ1) is 13.2. The Hall–Kier alpha value is -0.910. The Bertz CT molecular complexity index is 563. The minimum atomic E-state index is -1.45. The number of likely N-dealkylation sites (N-methyl/N-ethyl adjacent to an activating group) is 1. The fourth-order valence-electron chi connectivity index (χ4n) is 4.11. The molecule has 0 aromatic carbocycles. The second-order valence-electron chi connectivity index (χ2n) is 7.75. The van der Waals surface area contributed by atoms with Gasteiger partial charge in [-0.25, -0.2) is 0 Å². The number of thioether (sulfide) groups is 1. The SMILES string of the molecule is CCC[C@@H]1CC(C(=O)N[C@H](/C(C)=N/O)[C@H]2O[C@H](SC)[C@H](O)[C@@H](O)[C@H]2O)N(C)C1. The predicted molar refractivity (Wildman–Crippen MR) is 106 cm³/mol. The highest BCUT2D eigenvalue weighted by atomic mass is 32.2. The fourth-order valence-corrected chi connectivity index (χ4v) is 4.79.